The highest BCUT2D eigenvalue weighted by Crippen LogP contribution is 1.84. The lowest BCUT2D eigenvalue weighted by molar-refractivity contribution is -0.130. The molecule has 0 saturated carbocycles. The van der Waals surface area contributed by atoms with Crippen LogP contribution >= 0.6 is 0 Å². The maximum Gasteiger partial charge on any atom is 0.246 e. The number of hydrogen-bond acceptors (Lipinski definition) is 3. The van der Waals surface area contributed by atoms with E-state index in [1.165, 1.54) is 0 Å². The summed E-state index contributed by atoms with van der Waals surface area (Å²) in [5.41, 5.74) is 0. The van der Waals surface area contributed by atoms with E-state index in [-0.39, 0.29) is 30.9 Å². The van der Waals surface area contributed by atoms with Crippen LogP contribution in [0.1, 0.15) is 27.2 Å². The summed E-state index contributed by atoms with van der Waals surface area (Å²) in [5, 5.41) is 2.66. The van der Waals surface area contributed by atoms with Crippen molar-refractivity contribution in [2.75, 3.05) is 13.2 Å². The second-order valence-electron chi connectivity index (χ2n) is 3.11. The first-order chi connectivity index (χ1) is 6.06. The minimum atomic E-state index is -0.182. The van der Waals surface area contributed by atoms with E-state index >= 15 is 0 Å². The molecule has 76 valence electrons. The van der Waals surface area contributed by atoms with Gasteiger partial charge in [0, 0.05) is 12.5 Å². The second kappa shape index (κ2) is 6.60. The molecule has 0 atom stereocenters. The molecule has 0 aromatic carbocycles. The molecule has 0 fully saturated rings. The van der Waals surface area contributed by atoms with Gasteiger partial charge in [-0.1, -0.05) is 6.92 Å². The first-order valence-corrected chi connectivity index (χ1v) is 4.45. The van der Waals surface area contributed by atoms with E-state index in [1.807, 2.05) is 13.8 Å². The molecule has 0 heterocycles. The zero-order valence-electron chi connectivity index (χ0n) is 8.42. The van der Waals surface area contributed by atoms with Gasteiger partial charge in [0.15, 0.2) is 5.78 Å². The van der Waals surface area contributed by atoms with Gasteiger partial charge >= 0.3 is 0 Å². The summed E-state index contributed by atoms with van der Waals surface area (Å²) in [7, 11) is 0. The lowest BCUT2D eigenvalue weighted by Gasteiger charge is -2.07. The Labute approximate surface area is 78.6 Å². The summed E-state index contributed by atoms with van der Waals surface area (Å²) in [6, 6.07) is 0.109. The highest BCUT2D eigenvalue weighted by atomic mass is 16.5. The molecule has 1 N–H and O–H groups in total. The van der Waals surface area contributed by atoms with Crippen molar-refractivity contribution in [2.24, 2.45) is 0 Å². The van der Waals surface area contributed by atoms with E-state index in [0.29, 0.717) is 6.42 Å². The average molecular weight is 187 g/mol. The summed E-state index contributed by atoms with van der Waals surface area (Å²) in [6.07, 6.45) is 0.450. The van der Waals surface area contributed by atoms with Gasteiger partial charge in [-0.2, -0.15) is 0 Å². The summed E-state index contributed by atoms with van der Waals surface area (Å²) < 4.78 is 4.89. The van der Waals surface area contributed by atoms with E-state index < -0.39 is 0 Å². The van der Waals surface area contributed by atoms with Crippen molar-refractivity contribution in [1.82, 2.24) is 5.32 Å². The molecule has 0 radical (unpaired) electrons. The van der Waals surface area contributed by atoms with Gasteiger partial charge in [-0.05, 0) is 13.8 Å². The maximum absolute atomic E-state index is 11.0. The Morgan fingerprint density at radius 1 is 1.31 bits per heavy atom. The molecule has 0 bridgehead atoms. The van der Waals surface area contributed by atoms with Gasteiger partial charge in [-0.25, -0.2) is 0 Å². The van der Waals surface area contributed by atoms with Crippen molar-refractivity contribution >= 4 is 11.7 Å². The third-order valence-electron chi connectivity index (χ3n) is 1.34. The monoisotopic (exact) mass is 187 g/mol. The lowest BCUT2D eigenvalue weighted by atomic mass is 10.3. The van der Waals surface area contributed by atoms with Crippen molar-refractivity contribution in [2.45, 2.75) is 33.2 Å². The minimum Gasteiger partial charge on any atom is -0.364 e. The van der Waals surface area contributed by atoms with Gasteiger partial charge in [0.05, 0.1) is 0 Å². The number of carbonyl (C=O) groups excluding carboxylic acids is 2. The number of amides is 1. The van der Waals surface area contributed by atoms with E-state index in [2.05, 4.69) is 5.32 Å². The molecule has 0 unspecified atom stereocenters. The van der Waals surface area contributed by atoms with Gasteiger partial charge in [0.1, 0.15) is 13.2 Å². The van der Waals surface area contributed by atoms with E-state index in [1.54, 1.807) is 6.92 Å². The van der Waals surface area contributed by atoms with Crippen LogP contribution in [-0.2, 0) is 14.3 Å². The minimum absolute atomic E-state index is 0.0114. The molecule has 0 saturated heterocycles. The second-order valence-corrected chi connectivity index (χ2v) is 3.11. The normalized spacial score (nSPS) is 10.2. The fourth-order valence-corrected chi connectivity index (χ4v) is 0.723. The summed E-state index contributed by atoms with van der Waals surface area (Å²) >= 11 is 0. The number of nitrogens with one attached hydrogen (secondary N) is 1. The van der Waals surface area contributed by atoms with Crippen LogP contribution in [0, 0.1) is 0 Å². The Bertz CT molecular complexity index is 178. The predicted octanol–water partition coefficient (Wildman–Crippen LogP) is 0.507. The Kier molecular flexibility index (Phi) is 6.14. The lowest BCUT2D eigenvalue weighted by Crippen LogP contribution is -2.33. The maximum atomic E-state index is 11.0. The Morgan fingerprint density at radius 2 is 1.92 bits per heavy atom. The third kappa shape index (κ3) is 7.46. The molecular weight excluding hydrogens is 170 g/mol. The molecule has 0 aliphatic heterocycles. The van der Waals surface area contributed by atoms with E-state index in [9.17, 15) is 9.59 Å². The number of ether oxygens (including phenoxy) is 1. The summed E-state index contributed by atoms with van der Waals surface area (Å²) in [6.45, 7) is 5.50. The summed E-state index contributed by atoms with van der Waals surface area (Å²) in [5.74, 6) is -0.170. The highest BCUT2D eigenvalue weighted by molar-refractivity contribution is 5.80. The standard InChI is InChI=1S/C9H17NO3/c1-4-8(11)5-13-6-9(12)10-7(2)3/h7H,4-6H2,1-3H3,(H,10,12). The molecule has 0 aromatic rings. The number of carbonyl (C=O) groups is 2. The van der Waals surface area contributed by atoms with Crippen molar-refractivity contribution in [3.8, 4) is 0 Å². The largest absolute Gasteiger partial charge is 0.364 e. The topological polar surface area (TPSA) is 55.4 Å². The van der Waals surface area contributed by atoms with Crippen molar-refractivity contribution in [1.29, 1.82) is 0 Å². The molecule has 0 aliphatic rings. The number of ketones is 1. The molecule has 0 rings (SSSR count). The van der Waals surface area contributed by atoms with Gasteiger partial charge in [-0.3, -0.25) is 9.59 Å². The molecule has 0 spiro atoms. The van der Waals surface area contributed by atoms with Crippen LogP contribution in [0.25, 0.3) is 0 Å². The number of Topliss-reactive ketones (excluding diaryl/α,β-unsaturated/α-hetero) is 1. The molecular formula is C9H17NO3. The van der Waals surface area contributed by atoms with Gasteiger partial charge < -0.3 is 10.1 Å². The molecule has 1 amide bonds. The Balaban J connectivity index is 3.42. The smallest absolute Gasteiger partial charge is 0.246 e. The quantitative estimate of drug-likeness (QED) is 0.659. The van der Waals surface area contributed by atoms with Gasteiger partial charge in [0.2, 0.25) is 5.91 Å². The predicted molar refractivity (Wildman–Crippen MR) is 49.4 cm³/mol. The first-order valence-electron chi connectivity index (χ1n) is 4.45. The molecule has 0 aromatic heterocycles. The van der Waals surface area contributed by atoms with E-state index in [4.69, 9.17) is 4.74 Å². The van der Waals surface area contributed by atoms with Gasteiger partial charge in [0.25, 0.3) is 0 Å². The van der Waals surface area contributed by atoms with Crippen LogP contribution in [0.2, 0.25) is 0 Å². The highest BCUT2D eigenvalue weighted by Gasteiger charge is 2.04. The SMILES string of the molecule is CCC(=O)COCC(=O)NC(C)C. The van der Waals surface area contributed by atoms with Crippen LogP contribution in [0.3, 0.4) is 0 Å². The zero-order valence-corrected chi connectivity index (χ0v) is 8.42. The fraction of sp³-hybridized carbons (Fsp3) is 0.778. The molecule has 13 heavy (non-hydrogen) atoms. The van der Waals surface area contributed by atoms with Crippen molar-refractivity contribution in [3.05, 3.63) is 0 Å². The van der Waals surface area contributed by atoms with Crippen molar-refractivity contribution < 1.29 is 14.3 Å². The third-order valence-corrected chi connectivity index (χ3v) is 1.34. The number of hydrogen-bond donors (Lipinski definition) is 1. The molecule has 0 aliphatic carbocycles. The van der Waals surface area contributed by atoms with Crippen LogP contribution in [0.5, 0.6) is 0 Å². The fourth-order valence-electron chi connectivity index (χ4n) is 0.723. The van der Waals surface area contributed by atoms with Crippen LogP contribution in [-0.4, -0.2) is 30.9 Å². The van der Waals surface area contributed by atoms with Crippen LogP contribution in [0.15, 0.2) is 0 Å². The Morgan fingerprint density at radius 3 is 2.38 bits per heavy atom. The molecule has 4 heteroatoms. The van der Waals surface area contributed by atoms with Crippen LogP contribution in [0.4, 0.5) is 0 Å². The number of rotatable bonds is 6. The van der Waals surface area contributed by atoms with E-state index in [0.717, 1.165) is 0 Å². The van der Waals surface area contributed by atoms with Crippen LogP contribution < -0.4 is 5.32 Å². The van der Waals surface area contributed by atoms with Gasteiger partial charge in [-0.15, -0.1) is 0 Å². The van der Waals surface area contributed by atoms with Crippen molar-refractivity contribution in [3.63, 3.8) is 0 Å². The summed E-state index contributed by atoms with van der Waals surface area (Å²) in [4.78, 5) is 21.7. The first kappa shape index (κ1) is 12.1. The average Bonchev–Trinajstić information content (AvgIpc) is 2.02. The molecule has 4 nitrogen and oxygen atoms in total. The Hall–Kier alpha value is -0.900. The zero-order chi connectivity index (χ0) is 10.3.